The summed E-state index contributed by atoms with van der Waals surface area (Å²) in [6.45, 7) is 3.40. The molecule has 1 atom stereocenters. The van der Waals surface area contributed by atoms with E-state index in [0.29, 0.717) is 43.3 Å². The molecule has 1 heterocycles. The second-order valence-corrected chi connectivity index (χ2v) is 7.56. The topological polar surface area (TPSA) is 71.1 Å². The van der Waals surface area contributed by atoms with E-state index in [1.54, 1.807) is 36.3 Å². The third-order valence-electron chi connectivity index (χ3n) is 4.98. The van der Waals surface area contributed by atoms with Crippen LogP contribution >= 0.6 is 12.2 Å². The Bertz CT molecular complexity index is 953. The molecule has 2 aromatic carbocycles. The Morgan fingerprint density at radius 3 is 2.47 bits per heavy atom. The molecule has 0 spiro atoms. The Balaban J connectivity index is 1.74. The van der Waals surface area contributed by atoms with E-state index in [-0.39, 0.29) is 23.3 Å². The maximum absolute atomic E-state index is 13.4. The van der Waals surface area contributed by atoms with Gasteiger partial charge in [-0.1, -0.05) is 0 Å². The van der Waals surface area contributed by atoms with Gasteiger partial charge in [0, 0.05) is 25.9 Å². The number of nitrogens with one attached hydrogen (secondary N) is 1. The van der Waals surface area contributed by atoms with E-state index in [1.165, 1.54) is 29.2 Å². The van der Waals surface area contributed by atoms with Crippen LogP contribution in [0.25, 0.3) is 0 Å². The fourth-order valence-electron chi connectivity index (χ4n) is 3.48. The Morgan fingerprint density at radius 1 is 1.16 bits per heavy atom. The number of benzene rings is 2. The molecule has 2 amide bonds. The van der Waals surface area contributed by atoms with Crippen LogP contribution in [-0.4, -0.2) is 54.7 Å². The molecule has 1 fully saturated rings. The molecule has 1 aliphatic heterocycles. The first kappa shape index (κ1) is 23.6. The second kappa shape index (κ2) is 11.0. The number of anilines is 2. The van der Waals surface area contributed by atoms with E-state index < -0.39 is 11.9 Å². The summed E-state index contributed by atoms with van der Waals surface area (Å²) in [4.78, 5) is 29.1. The van der Waals surface area contributed by atoms with Gasteiger partial charge >= 0.3 is 0 Å². The molecule has 0 aromatic heterocycles. The number of carbonyl (C=O) groups excluding carboxylic acids is 2. The molecule has 170 valence electrons. The van der Waals surface area contributed by atoms with Gasteiger partial charge in [-0.05, 0) is 74.1 Å². The molecular weight excluding hydrogens is 433 g/mol. The zero-order valence-corrected chi connectivity index (χ0v) is 18.9. The molecular formula is C23H26FN3O4S. The Labute approximate surface area is 192 Å². The van der Waals surface area contributed by atoms with Crippen molar-refractivity contribution < 1.29 is 23.5 Å². The van der Waals surface area contributed by atoms with Gasteiger partial charge < -0.3 is 19.7 Å². The summed E-state index contributed by atoms with van der Waals surface area (Å²) in [5.41, 5.74) is 1.07. The summed E-state index contributed by atoms with van der Waals surface area (Å²) in [6.07, 6.45) is 0.565. The van der Waals surface area contributed by atoms with Crippen LogP contribution in [0.1, 0.15) is 19.8 Å². The van der Waals surface area contributed by atoms with Crippen LogP contribution in [0.5, 0.6) is 5.75 Å². The number of halogens is 1. The maximum atomic E-state index is 13.4. The van der Waals surface area contributed by atoms with Gasteiger partial charge in [-0.15, -0.1) is 0 Å². The van der Waals surface area contributed by atoms with Gasteiger partial charge in [-0.25, -0.2) is 4.39 Å². The van der Waals surface area contributed by atoms with Gasteiger partial charge in [0.05, 0.1) is 18.7 Å². The van der Waals surface area contributed by atoms with Crippen molar-refractivity contribution in [3.8, 4) is 5.75 Å². The van der Waals surface area contributed by atoms with Gasteiger partial charge in [0.1, 0.15) is 17.6 Å². The summed E-state index contributed by atoms with van der Waals surface area (Å²) in [5, 5.41) is 3.10. The summed E-state index contributed by atoms with van der Waals surface area (Å²) in [7, 11) is 1.60. The highest BCUT2D eigenvalue weighted by molar-refractivity contribution is 7.80. The Hall–Kier alpha value is -3.04. The Kier molecular flexibility index (Phi) is 8.13. The molecule has 0 aliphatic carbocycles. The molecule has 2 aromatic rings. The van der Waals surface area contributed by atoms with E-state index in [1.807, 2.05) is 6.92 Å². The molecule has 32 heavy (non-hydrogen) atoms. The van der Waals surface area contributed by atoms with Gasteiger partial charge in [0.25, 0.3) is 5.91 Å². The summed E-state index contributed by atoms with van der Waals surface area (Å²) < 4.78 is 23.9. The minimum Gasteiger partial charge on any atom is -0.494 e. The van der Waals surface area contributed by atoms with Crippen molar-refractivity contribution >= 4 is 40.5 Å². The summed E-state index contributed by atoms with van der Waals surface area (Å²) >= 11 is 5.55. The lowest BCUT2D eigenvalue weighted by atomic mass is 10.1. The van der Waals surface area contributed by atoms with Crippen molar-refractivity contribution in [2.45, 2.75) is 25.8 Å². The molecule has 9 heteroatoms. The van der Waals surface area contributed by atoms with Crippen LogP contribution in [0, 0.1) is 5.82 Å². The first-order valence-corrected chi connectivity index (χ1v) is 10.8. The summed E-state index contributed by atoms with van der Waals surface area (Å²) in [6, 6.07) is 11.8. The molecule has 0 radical (unpaired) electrons. The predicted molar refractivity (Wildman–Crippen MR) is 124 cm³/mol. The van der Waals surface area contributed by atoms with Gasteiger partial charge in [0.15, 0.2) is 5.11 Å². The monoisotopic (exact) mass is 459 g/mol. The van der Waals surface area contributed by atoms with Crippen molar-refractivity contribution in [1.29, 1.82) is 0 Å². The number of amides is 2. The third-order valence-corrected chi connectivity index (χ3v) is 5.40. The average Bonchev–Trinajstić information content (AvgIpc) is 3.00. The normalized spacial score (nSPS) is 15.9. The van der Waals surface area contributed by atoms with Crippen molar-refractivity contribution in [3.05, 3.63) is 54.3 Å². The largest absolute Gasteiger partial charge is 0.494 e. The van der Waals surface area contributed by atoms with Gasteiger partial charge in [0.2, 0.25) is 5.91 Å². The summed E-state index contributed by atoms with van der Waals surface area (Å²) in [5.74, 6) is -0.329. The fraction of sp³-hybridized carbons (Fsp3) is 0.348. The first-order chi connectivity index (χ1) is 15.4. The lowest BCUT2D eigenvalue weighted by molar-refractivity contribution is -0.124. The van der Waals surface area contributed by atoms with Crippen LogP contribution in [-0.2, 0) is 14.3 Å². The zero-order valence-electron chi connectivity index (χ0n) is 18.0. The standard InChI is InChI=1S/C23H26FN3O4S/c1-3-31-19-11-7-17(8-12-19)25-21(28)15-20-22(29)27(18-9-5-16(24)6-10-18)23(32)26(20)13-4-14-30-2/h5-12,20H,3-4,13-15H2,1-2H3,(H,25,28)/t20-/m1/s1. The van der Waals surface area contributed by atoms with Crippen molar-refractivity contribution in [2.24, 2.45) is 0 Å². The molecule has 7 nitrogen and oxygen atoms in total. The number of carbonyl (C=O) groups is 2. The minimum absolute atomic E-state index is 0.0726. The highest BCUT2D eigenvalue weighted by Gasteiger charge is 2.43. The van der Waals surface area contributed by atoms with Crippen molar-refractivity contribution in [3.63, 3.8) is 0 Å². The van der Waals surface area contributed by atoms with Crippen LogP contribution in [0.2, 0.25) is 0 Å². The quantitative estimate of drug-likeness (QED) is 0.433. The van der Waals surface area contributed by atoms with Crippen molar-refractivity contribution in [1.82, 2.24) is 4.90 Å². The molecule has 1 aliphatic rings. The molecule has 0 bridgehead atoms. The number of nitrogens with zero attached hydrogens (tertiary/aromatic N) is 2. The van der Waals surface area contributed by atoms with E-state index >= 15 is 0 Å². The van der Waals surface area contributed by atoms with Crippen molar-refractivity contribution in [2.75, 3.05) is 37.1 Å². The highest BCUT2D eigenvalue weighted by Crippen LogP contribution is 2.28. The zero-order chi connectivity index (χ0) is 23.1. The molecule has 0 unspecified atom stereocenters. The average molecular weight is 460 g/mol. The number of rotatable bonds is 10. The van der Waals surface area contributed by atoms with Gasteiger partial charge in [-0.2, -0.15) is 0 Å². The molecule has 1 saturated heterocycles. The lowest BCUT2D eigenvalue weighted by Gasteiger charge is -2.23. The van der Waals surface area contributed by atoms with Crippen LogP contribution in [0.15, 0.2) is 48.5 Å². The maximum Gasteiger partial charge on any atom is 0.256 e. The number of hydrogen-bond donors (Lipinski definition) is 1. The van der Waals surface area contributed by atoms with E-state index in [9.17, 15) is 14.0 Å². The van der Waals surface area contributed by atoms with E-state index in [0.717, 1.165) is 0 Å². The third kappa shape index (κ3) is 5.60. The van der Waals surface area contributed by atoms with Crippen LogP contribution in [0.3, 0.4) is 0 Å². The second-order valence-electron chi connectivity index (χ2n) is 7.20. The first-order valence-electron chi connectivity index (χ1n) is 10.4. The SMILES string of the molecule is CCOc1ccc(NC(=O)C[C@@H]2C(=O)N(c3ccc(F)cc3)C(=S)N2CCCOC)cc1. The highest BCUT2D eigenvalue weighted by atomic mass is 32.1. The Morgan fingerprint density at radius 2 is 1.84 bits per heavy atom. The number of ether oxygens (including phenoxy) is 2. The fourth-order valence-corrected chi connectivity index (χ4v) is 3.90. The number of hydrogen-bond acceptors (Lipinski definition) is 5. The predicted octanol–water partition coefficient (Wildman–Crippen LogP) is 3.59. The van der Waals surface area contributed by atoms with E-state index in [4.69, 9.17) is 21.7 Å². The van der Waals surface area contributed by atoms with Crippen LogP contribution < -0.4 is 15.0 Å². The van der Waals surface area contributed by atoms with Crippen LogP contribution in [0.4, 0.5) is 15.8 Å². The number of thiocarbonyl (C=S) groups is 1. The molecule has 3 rings (SSSR count). The smallest absolute Gasteiger partial charge is 0.256 e. The number of methoxy groups -OCH3 is 1. The van der Waals surface area contributed by atoms with Gasteiger partial charge in [-0.3, -0.25) is 14.5 Å². The molecule has 1 N–H and O–H groups in total. The lowest BCUT2D eigenvalue weighted by Crippen LogP contribution is -2.38. The minimum atomic E-state index is -0.757. The van der Waals surface area contributed by atoms with E-state index in [2.05, 4.69) is 5.32 Å². The molecule has 0 saturated carbocycles.